The summed E-state index contributed by atoms with van der Waals surface area (Å²) in [5, 5.41) is 11.4. The lowest BCUT2D eigenvalue weighted by atomic mass is 9.87. The van der Waals surface area contributed by atoms with E-state index in [1.54, 1.807) is 0 Å². The SMILES string of the molecule is CN=C(NCc1ccccc1Cn1cccn1)NC1CCC(C)CC1. The number of nitrogens with zero attached hydrogens (tertiary/aromatic N) is 3. The first-order valence-electron chi connectivity index (χ1n) is 9.26. The van der Waals surface area contributed by atoms with Gasteiger partial charge >= 0.3 is 0 Å². The average molecular weight is 339 g/mol. The van der Waals surface area contributed by atoms with Gasteiger partial charge in [0.1, 0.15) is 0 Å². The zero-order chi connectivity index (χ0) is 17.5. The van der Waals surface area contributed by atoms with Crippen LogP contribution in [0.3, 0.4) is 0 Å². The Balaban J connectivity index is 1.56. The van der Waals surface area contributed by atoms with Crippen LogP contribution in [-0.2, 0) is 13.1 Å². The van der Waals surface area contributed by atoms with Gasteiger partial charge in [0.05, 0.1) is 6.54 Å². The number of rotatable bonds is 5. The highest BCUT2D eigenvalue weighted by atomic mass is 15.3. The van der Waals surface area contributed by atoms with E-state index in [0.29, 0.717) is 6.04 Å². The second kappa shape index (κ2) is 8.70. The highest BCUT2D eigenvalue weighted by Gasteiger charge is 2.18. The number of guanidine groups is 1. The minimum Gasteiger partial charge on any atom is -0.354 e. The second-order valence-electron chi connectivity index (χ2n) is 7.00. The number of aromatic nitrogens is 2. The Morgan fingerprint density at radius 1 is 1.16 bits per heavy atom. The van der Waals surface area contributed by atoms with Crippen LogP contribution in [-0.4, -0.2) is 28.8 Å². The maximum absolute atomic E-state index is 4.40. The molecule has 25 heavy (non-hydrogen) atoms. The van der Waals surface area contributed by atoms with E-state index >= 15 is 0 Å². The molecule has 0 saturated heterocycles. The molecule has 1 saturated carbocycles. The first-order valence-corrected chi connectivity index (χ1v) is 9.26. The van der Waals surface area contributed by atoms with E-state index in [-0.39, 0.29) is 0 Å². The molecular formula is C20H29N5. The molecule has 2 aromatic rings. The van der Waals surface area contributed by atoms with Crippen LogP contribution < -0.4 is 10.6 Å². The zero-order valence-electron chi connectivity index (χ0n) is 15.3. The molecule has 0 aliphatic heterocycles. The Kier molecular flexibility index (Phi) is 6.09. The fourth-order valence-corrected chi connectivity index (χ4v) is 3.42. The van der Waals surface area contributed by atoms with Gasteiger partial charge in [0.25, 0.3) is 0 Å². The Hall–Kier alpha value is -2.30. The normalized spacial score (nSPS) is 21.1. The number of benzene rings is 1. The van der Waals surface area contributed by atoms with Crippen LogP contribution in [0.15, 0.2) is 47.7 Å². The summed E-state index contributed by atoms with van der Waals surface area (Å²) in [5.74, 6) is 1.76. The van der Waals surface area contributed by atoms with E-state index in [0.717, 1.165) is 25.0 Å². The summed E-state index contributed by atoms with van der Waals surface area (Å²) in [6, 6.07) is 11.0. The fourth-order valence-electron chi connectivity index (χ4n) is 3.42. The molecule has 0 unspecified atom stereocenters. The van der Waals surface area contributed by atoms with Crippen molar-refractivity contribution in [3.05, 3.63) is 53.9 Å². The van der Waals surface area contributed by atoms with Crippen molar-refractivity contribution in [3.63, 3.8) is 0 Å². The summed E-state index contributed by atoms with van der Waals surface area (Å²) in [5.41, 5.74) is 2.55. The first kappa shape index (κ1) is 17.5. The van der Waals surface area contributed by atoms with Gasteiger partial charge in [-0.2, -0.15) is 5.10 Å². The van der Waals surface area contributed by atoms with Gasteiger partial charge < -0.3 is 10.6 Å². The van der Waals surface area contributed by atoms with Crippen molar-refractivity contribution < 1.29 is 0 Å². The molecule has 0 radical (unpaired) electrons. The summed E-state index contributed by atoms with van der Waals surface area (Å²) in [7, 11) is 1.84. The van der Waals surface area contributed by atoms with E-state index in [1.165, 1.54) is 36.8 Å². The van der Waals surface area contributed by atoms with Gasteiger partial charge in [-0.25, -0.2) is 0 Å². The van der Waals surface area contributed by atoms with Gasteiger partial charge in [-0.1, -0.05) is 31.2 Å². The first-order chi connectivity index (χ1) is 12.2. The smallest absolute Gasteiger partial charge is 0.191 e. The van der Waals surface area contributed by atoms with Crippen molar-refractivity contribution in [2.45, 2.75) is 51.7 Å². The molecule has 5 nitrogen and oxygen atoms in total. The third-order valence-corrected chi connectivity index (χ3v) is 5.04. The fraction of sp³-hybridized carbons (Fsp3) is 0.500. The second-order valence-corrected chi connectivity index (χ2v) is 7.00. The van der Waals surface area contributed by atoms with Gasteiger partial charge in [0.15, 0.2) is 5.96 Å². The molecule has 134 valence electrons. The Labute approximate surface area is 150 Å². The largest absolute Gasteiger partial charge is 0.354 e. The lowest BCUT2D eigenvalue weighted by Crippen LogP contribution is -2.44. The number of nitrogens with one attached hydrogen (secondary N) is 2. The minimum absolute atomic E-state index is 0.543. The molecule has 1 aliphatic rings. The Morgan fingerprint density at radius 2 is 1.92 bits per heavy atom. The van der Waals surface area contributed by atoms with E-state index < -0.39 is 0 Å². The lowest BCUT2D eigenvalue weighted by molar-refractivity contribution is 0.329. The summed E-state index contributed by atoms with van der Waals surface area (Å²) < 4.78 is 1.95. The molecular weight excluding hydrogens is 310 g/mol. The van der Waals surface area contributed by atoms with Crippen LogP contribution >= 0.6 is 0 Å². The zero-order valence-corrected chi connectivity index (χ0v) is 15.3. The van der Waals surface area contributed by atoms with Crippen molar-refractivity contribution in [2.75, 3.05) is 7.05 Å². The van der Waals surface area contributed by atoms with Gasteiger partial charge in [-0.3, -0.25) is 9.67 Å². The van der Waals surface area contributed by atoms with Gasteiger partial charge in [-0.15, -0.1) is 0 Å². The predicted molar refractivity (Wildman–Crippen MR) is 103 cm³/mol. The summed E-state index contributed by atoms with van der Waals surface area (Å²) in [4.78, 5) is 4.40. The molecule has 1 aromatic heterocycles. The van der Waals surface area contributed by atoms with E-state index in [9.17, 15) is 0 Å². The molecule has 1 heterocycles. The quantitative estimate of drug-likeness (QED) is 0.650. The number of hydrogen-bond donors (Lipinski definition) is 2. The monoisotopic (exact) mass is 339 g/mol. The van der Waals surface area contributed by atoms with Crippen molar-refractivity contribution in [3.8, 4) is 0 Å². The molecule has 5 heteroatoms. The maximum atomic E-state index is 4.40. The summed E-state index contributed by atoms with van der Waals surface area (Å²) in [6.07, 6.45) is 8.89. The standard InChI is InChI=1S/C20H29N5/c1-16-8-10-19(11-9-16)24-20(21-2)22-14-17-6-3-4-7-18(17)15-25-13-5-12-23-25/h3-7,12-13,16,19H,8-11,14-15H2,1-2H3,(H2,21,22,24). The molecule has 0 bridgehead atoms. The average Bonchev–Trinajstić information content (AvgIpc) is 3.14. The van der Waals surface area contributed by atoms with Crippen LogP contribution in [0.1, 0.15) is 43.7 Å². The minimum atomic E-state index is 0.543. The third kappa shape index (κ3) is 5.08. The topological polar surface area (TPSA) is 54.2 Å². The molecule has 0 amide bonds. The van der Waals surface area contributed by atoms with Crippen LogP contribution in [0.5, 0.6) is 0 Å². The number of aliphatic imine (C=N–C) groups is 1. The maximum Gasteiger partial charge on any atom is 0.191 e. The Bertz CT molecular complexity index is 669. The van der Waals surface area contributed by atoms with Crippen molar-refractivity contribution in [2.24, 2.45) is 10.9 Å². The number of hydrogen-bond acceptors (Lipinski definition) is 2. The third-order valence-electron chi connectivity index (χ3n) is 5.04. The summed E-state index contributed by atoms with van der Waals surface area (Å²) in [6.45, 7) is 3.90. The molecule has 0 spiro atoms. The van der Waals surface area contributed by atoms with Crippen molar-refractivity contribution in [1.29, 1.82) is 0 Å². The Morgan fingerprint density at radius 3 is 2.60 bits per heavy atom. The van der Waals surface area contributed by atoms with Crippen LogP contribution in [0.25, 0.3) is 0 Å². The van der Waals surface area contributed by atoms with E-state index in [1.807, 2.05) is 30.2 Å². The molecule has 0 atom stereocenters. The van der Waals surface area contributed by atoms with E-state index in [2.05, 4.69) is 51.9 Å². The molecule has 3 rings (SSSR count). The van der Waals surface area contributed by atoms with Crippen molar-refractivity contribution in [1.82, 2.24) is 20.4 Å². The van der Waals surface area contributed by atoms with Crippen LogP contribution in [0.4, 0.5) is 0 Å². The predicted octanol–water partition coefficient (Wildman–Crippen LogP) is 3.18. The van der Waals surface area contributed by atoms with Crippen molar-refractivity contribution >= 4 is 5.96 Å². The van der Waals surface area contributed by atoms with Crippen LogP contribution in [0.2, 0.25) is 0 Å². The van der Waals surface area contributed by atoms with Crippen LogP contribution in [0, 0.1) is 5.92 Å². The lowest BCUT2D eigenvalue weighted by Gasteiger charge is -2.28. The van der Waals surface area contributed by atoms with E-state index in [4.69, 9.17) is 0 Å². The molecule has 1 fully saturated rings. The molecule has 1 aliphatic carbocycles. The highest BCUT2D eigenvalue weighted by molar-refractivity contribution is 5.80. The molecule has 1 aromatic carbocycles. The molecule has 2 N–H and O–H groups in total. The van der Waals surface area contributed by atoms with Gasteiger partial charge in [-0.05, 0) is 48.8 Å². The summed E-state index contributed by atoms with van der Waals surface area (Å²) >= 11 is 0. The van der Waals surface area contributed by atoms with Gasteiger partial charge in [0, 0.05) is 32.0 Å². The van der Waals surface area contributed by atoms with Gasteiger partial charge in [0.2, 0.25) is 0 Å². The highest BCUT2D eigenvalue weighted by Crippen LogP contribution is 2.23.